The van der Waals surface area contributed by atoms with Gasteiger partial charge in [-0.1, -0.05) is 23.7 Å². The molecule has 1 saturated heterocycles. The zero-order valence-electron chi connectivity index (χ0n) is 14.5. The van der Waals surface area contributed by atoms with Crippen molar-refractivity contribution in [3.05, 3.63) is 34.9 Å². The number of ether oxygens (including phenoxy) is 1. The third-order valence-electron chi connectivity index (χ3n) is 3.82. The first-order valence-corrected chi connectivity index (χ1v) is 8.62. The molecule has 132 valence electrons. The van der Waals surface area contributed by atoms with Crippen LogP contribution in [-0.2, 0) is 16.0 Å². The maximum atomic E-state index is 12.3. The Morgan fingerprint density at radius 1 is 1.04 bits per heavy atom. The molecular formula is C18H25ClN2O3. The summed E-state index contributed by atoms with van der Waals surface area (Å²) >= 11 is 5.86. The molecule has 0 aliphatic carbocycles. The lowest BCUT2D eigenvalue weighted by Crippen LogP contribution is -2.51. The maximum Gasteiger partial charge on any atom is 0.410 e. The quantitative estimate of drug-likeness (QED) is 0.838. The Hall–Kier alpha value is -1.75. The number of rotatable bonds is 3. The number of carbonyl (C=O) groups excluding carboxylic acids is 2. The highest BCUT2D eigenvalue weighted by Gasteiger charge is 2.27. The fourth-order valence-electron chi connectivity index (χ4n) is 2.53. The van der Waals surface area contributed by atoms with E-state index in [-0.39, 0.29) is 12.0 Å². The van der Waals surface area contributed by atoms with Gasteiger partial charge in [-0.05, 0) is 44.9 Å². The second-order valence-electron chi connectivity index (χ2n) is 6.97. The lowest BCUT2D eigenvalue weighted by molar-refractivity contribution is -0.132. The van der Waals surface area contributed by atoms with Gasteiger partial charge in [0, 0.05) is 37.6 Å². The zero-order valence-corrected chi connectivity index (χ0v) is 15.3. The summed E-state index contributed by atoms with van der Waals surface area (Å²) in [7, 11) is 0. The first-order valence-electron chi connectivity index (χ1n) is 8.25. The zero-order chi connectivity index (χ0) is 17.7. The van der Waals surface area contributed by atoms with Crippen molar-refractivity contribution < 1.29 is 14.3 Å². The van der Waals surface area contributed by atoms with Crippen molar-refractivity contribution >= 4 is 23.6 Å². The number of amides is 2. The minimum absolute atomic E-state index is 0.119. The van der Waals surface area contributed by atoms with E-state index in [0.717, 1.165) is 5.56 Å². The fraction of sp³-hybridized carbons (Fsp3) is 0.556. The third-order valence-corrected chi connectivity index (χ3v) is 4.08. The van der Waals surface area contributed by atoms with Crippen molar-refractivity contribution in [2.75, 3.05) is 26.2 Å². The molecule has 0 radical (unpaired) electrons. The Bertz CT molecular complexity index is 573. The van der Waals surface area contributed by atoms with Crippen molar-refractivity contribution in [2.24, 2.45) is 0 Å². The van der Waals surface area contributed by atoms with Crippen LogP contribution in [0.2, 0.25) is 5.02 Å². The molecule has 1 fully saturated rings. The Kier molecular flexibility index (Phi) is 6.10. The molecule has 0 atom stereocenters. The second kappa shape index (κ2) is 7.88. The van der Waals surface area contributed by atoms with Crippen LogP contribution in [0.5, 0.6) is 0 Å². The van der Waals surface area contributed by atoms with Crippen LogP contribution < -0.4 is 0 Å². The summed E-state index contributed by atoms with van der Waals surface area (Å²) < 4.78 is 5.36. The van der Waals surface area contributed by atoms with E-state index in [1.165, 1.54) is 0 Å². The number of halogens is 1. The summed E-state index contributed by atoms with van der Waals surface area (Å²) in [5, 5.41) is 0.698. The normalized spacial score (nSPS) is 15.3. The number of hydrogen-bond acceptors (Lipinski definition) is 3. The van der Waals surface area contributed by atoms with E-state index >= 15 is 0 Å². The molecule has 0 saturated carbocycles. The number of piperazine rings is 1. The molecule has 2 amide bonds. The maximum absolute atomic E-state index is 12.3. The summed E-state index contributed by atoms with van der Waals surface area (Å²) in [6.07, 6.45) is 0.854. The van der Waals surface area contributed by atoms with Crippen molar-refractivity contribution in [2.45, 2.75) is 39.2 Å². The van der Waals surface area contributed by atoms with Crippen LogP contribution >= 0.6 is 11.6 Å². The minimum Gasteiger partial charge on any atom is -0.444 e. The minimum atomic E-state index is -0.497. The average Bonchev–Trinajstić information content (AvgIpc) is 2.52. The largest absolute Gasteiger partial charge is 0.444 e. The van der Waals surface area contributed by atoms with Gasteiger partial charge in [-0.3, -0.25) is 4.79 Å². The smallest absolute Gasteiger partial charge is 0.410 e. The van der Waals surface area contributed by atoms with Gasteiger partial charge < -0.3 is 14.5 Å². The molecule has 0 N–H and O–H groups in total. The highest BCUT2D eigenvalue weighted by molar-refractivity contribution is 6.30. The van der Waals surface area contributed by atoms with Crippen LogP contribution in [0.25, 0.3) is 0 Å². The molecule has 0 aromatic heterocycles. The standard InChI is InChI=1S/C18H25ClN2O3/c1-18(2,3)24-17(23)21-12-10-20(11-13-21)16(22)9-6-14-4-7-15(19)8-5-14/h4-5,7-8H,6,9-13H2,1-3H3. The Balaban J connectivity index is 1.76. The third kappa shape index (κ3) is 5.71. The summed E-state index contributed by atoms with van der Waals surface area (Å²) in [6, 6.07) is 7.55. The van der Waals surface area contributed by atoms with Crippen molar-refractivity contribution in [1.29, 1.82) is 0 Å². The van der Waals surface area contributed by atoms with Gasteiger partial charge >= 0.3 is 6.09 Å². The van der Waals surface area contributed by atoms with Gasteiger partial charge in [0.2, 0.25) is 5.91 Å². The van der Waals surface area contributed by atoms with Crippen molar-refractivity contribution in [3.8, 4) is 0 Å². The van der Waals surface area contributed by atoms with Crippen molar-refractivity contribution in [1.82, 2.24) is 9.80 Å². The summed E-state index contributed by atoms with van der Waals surface area (Å²) in [5.74, 6) is 0.119. The van der Waals surface area contributed by atoms with Crippen LogP contribution in [0.1, 0.15) is 32.8 Å². The van der Waals surface area contributed by atoms with E-state index in [2.05, 4.69) is 0 Å². The summed E-state index contributed by atoms with van der Waals surface area (Å²) in [4.78, 5) is 27.8. The molecule has 2 rings (SSSR count). The number of aryl methyl sites for hydroxylation is 1. The first-order chi connectivity index (χ1) is 11.2. The van der Waals surface area contributed by atoms with Gasteiger partial charge in [-0.25, -0.2) is 4.79 Å². The molecule has 1 aromatic rings. The predicted molar refractivity (Wildman–Crippen MR) is 94.2 cm³/mol. The van der Waals surface area contributed by atoms with Crippen LogP contribution in [0.3, 0.4) is 0 Å². The molecule has 1 aliphatic rings. The van der Waals surface area contributed by atoms with Gasteiger partial charge in [0.05, 0.1) is 0 Å². The van der Waals surface area contributed by atoms with Gasteiger partial charge in [0.1, 0.15) is 5.60 Å². The molecule has 24 heavy (non-hydrogen) atoms. The van der Waals surface area contributed by atoms with E-state index in [4.69, 9.17) is 16.3 Å². The monoisotopic (exact) mass is 352 g/mol. The van der Waals surface area contributed by atoms with Crippen LogP contribution in [-0.4, -0.2) is 53.6 Å². The molecule has 6 heteroatoms. The van der Waals surface area contributed by atoms with Gasteiger partial charge in [-0.2, -0.15) is 0 Å². The molecule has 1 heterocycles. The van der Waals surface area contributed by atoms with E-state index in [1.54, 1.807) is 4.90 Å². The predicted octanol–water partition coefficient (Wildman–Crippen LogP) is 3.35. The highest BCUT2D eigenvalue weighted by atomic mass is 35.5. The number of carbonyl (C=O) groups is 2. The van der Waals surface area contributed by atoms with E-state index in [1.807, 2.05) is 49.9 Å². The number of benzene rings is 1. The molecule has 1 aromatic carbocycles. The Morgan fingerprint density at radius 3 is 2.12 bits per heavy atom. The topological polar surface area (TPSA) is 49.9 Å². The van der Waals surface area contributed by atoms with Crippen LogP contribution in [0.15, 0.2) is 24.3 Å². The number of hydrogen-bond donors (Lipinski definition) is 0. The number of nitrogens with zero attached hydrogens (tertiary/aromatic N) is 2. The Labute approximate surface area is 148 Å². The molecule has 0 spiro atoms. The molecular weight excluding hydrogens is 328 g/mol. The Morgan fingerprint density at radius 2 is 1.58 bits per heavy atom. The lowest BCUT2D eigenvalue weighted by Gasteiger charge is -2.35. The second-order valence-corrected chi connectivity index (χ2v) is 7.41. The van der Waals surface area contributed by atoms with Gasteiger partial charge in [-0.15, -0.1) is 0 Å². The van der Waals surface area contributed by atoms with Crippen LogP contribution in [0, 0.1) is 0 Å². The molecule has 5 nitrogen and oxygen atoms in total. The molecule has 0 bridgehead atoms. The van der Waals surface area contributed by atoms with E-state index in [0.29, 0.717) is 44.0 Å². The summed E-state index contributed by atoms with van der Waals surface area (Å²) in [6.45, 7) is 7.69. The van der Waals surface area contributed by atoms with E-state index in [9.17, 15) is 9.59 Å². The highest BCUT2D eigenvalue weighted by Crippen LogP contribution is 2.14. The van der Waals surface area contributed by atoms with Gasteiger partial charge in [0.15, 0.2) is 0 Å². The average molecular weight is 353 g/mol. The first kappa shape index (κ1) is 18.6. The molecule has 1 aliphatic heterocycles. The van der Waals surface area contributed by atoms with Crippen LogP contribution in [0.4, 0.5) is 4.79 Å². The SMILES string of the molecule is CC(C)(C)OC(=O)N1CCN(C(=O)CCc2ccc(Cl)cc2)CC1. The summed E-state index contributed by atoms with van der Waals surface area (Å²) in [5.41, 5.74) is 0.600. The van der Waals surface area contributed by atoms with Gasteiger partial charge in [0.25, 0.3) is 0 Å². The lowest BCUT2D eigenvalue weighted by atomic mass is 10.1. The molecule has 0 unspecified atom stereocenters. The fourth-order valence-corrected chi connectivity index (χ4v) is 2.65. The van der Waals surface area contributed by atoms with Crippen molar-refractivity contribution in [3.63, 3.8) is 0 Å². The van der Waals surface area contributed by atoms with E-state index < -0.39 is 5.60 Å².